The molecule has 0 amide bonds. The van der Waals surface area contributed by atoms with E-state index < -0.39 is 4.92 Å². The molecule has 0 aliphatic carbocycles. The minimum atomic E-state index is -0.414. The third-order valence-corrected chi connectivity index (χ3v) is 3.56. The van der Waals surface area contributed by atoms with Crippen LogP contribution in [0.5, 0.6) is 0 Å². The molecule has 0 atom stereocenters. The van der Waals surface area contributed by atoms with Gasteiger partial charge in [0.15, 0.2) is 0 Å². The highest BCUT2D eigenvalue weighted by Crippen LogP contribution is 2.18. The standard InChI is InChI=1S/C15H12BrNO3/c16-14-6-5-12(13(9-14)10-18)4-1-11-2-7-15(8-3-11)17(19)20/h2-3,5-10H,1,4H2. The number of nitro groups is 1. The van der Waals surface area contributed by atoms with Crippen LogP contribution in [0.1, 0.15) is 21.5 Å². The zero-order valence-corrected chi connectivity index (χ0v) is 12.2. The Morgan fingerprint density at radius 2 is 1.80 bits per heavy atom. The number of aldehydes is 1. The van der Waals surface area contributed by atoms with E-state index in [0.717, 1.165) is 34.7 Å². The van der Waals surface area contributed by atoms with E-state index in [0.29, 0.717) is 5.56 Å². The summed E-state index contributed by atoms with van der Waals surface area (Å²) in [6.45, 7) is 0. The summed E-state index contributed by atoms with van der Waals surface area (Å²) < 4.78 is 0.874. The van der Waals surface area contributed by atoms with Crippen LogP contribution in [-0.4, -0.2) is 11.2 Å². The molecule has 2 aromatic rings. The van der Waals surface area contributed by atoms with Crippen LogP contribution in [0.25, 0.3) is 0 Å². The summed E-state index contributed by atoms with van der Waals surface area (Å²) >= 11 is 3.33. The van der Waals surface area contributed by atoms with Crippen LogP contribution in [0.3, 0.4) is 0 Å². The fraction of sp³-hybridized carbons (Fsp3) is 0.133. The van der Waals surface area contributed by atoms with E-state index in [4.69, 9.17) is 0 Å². The van der Waals surface area contributed by atoms with Crippen molar-refractivity contribution in [2.24, 2.45) is 0 Å². The number of rotatable bonds is 5. The lowest BCUT2D eigenvalue weighted by atomic mass is 10.0. The highest BCUT2D eigenvalue weighted by Gasteiger charge is 2.06. The number of benzene rings is 2. The van der Waals surface area contributed by atoms with Crippen molar-refractivity contribution in [3.63, 3.8) is 0 Å². The molecule has 0 aliphatic heterocycles. The molecule has 0 bridgehead atoms. The number of non-ortho nitro benzene ring substituents is 1. The molecule has 0 radical (unpaired) electrons. The highest BCUT2D eigenvalue weighted by molar-refractivity contribution is 9.10. The number of halogens is 1. The summed E-state index contributed by atoms with van der Waals surface area (Å²) in [6.07, 6.45) is 2.30. The van der Waals surface area contributed by atoms with Crippen LogP contribution >= 0.6 is 15.9 Å². The van der Waals surface area contributed by atoms with E-state index in [2.05, 4.69) is 15.9 Å². The summed E-state index contributed by atoms with van der Waals surface area (Å²) in [7, 11) is 0. The molecule has 0 aromatic heterocycles. The largest absolute Gasteiger partial charge is 0.298 e. The molecule has 0 fully saturated rings. The number of carbonyl (C=O) groups excluding carboxylic acids is 1. The summed E-state index contributed by atoms with van der Waals surface area (Å²) in [4.78, 5) is 21.2. The number of nitro benzene ring substituents is 1. The van der Waals surface area contributed by atoms with E-state index >= 15 is 0 Å². The van der Waals surface area contributed by atoms with Crippen molar-refractivity contribution < 1.29 is 9.72 Å². The lowest BCUT2D eigenvalue weighted by molar-refractivity contribution is -0.384. The maximum atomic E-state index is 11.0. The molecular formula is C15H12BrNO3. The van der Waals surface area contributed by atoms with Crippen LogP contribution < -0.4 is 0 Å². The van der Waals surface area contributed by atoms with E-state index in [-0.39, 0.29) is 5.69 Å². The van der Waals surface area contributed by atoms with Crippen molar-refractivity contribution >= 4 is 27.9 Å². The Balaban J connectivity index is 2.08. The van der Waals surface area contributed by atoms with Crippen molar-refractivity contribution in [3.8, 4) is 0 Å². The summed E-state index contributed by atoms with van der Waals surface area (Å²) in [5.41, 5.74) is 2.74. The van der Waals surface area contributed by atoms with E-state index in [9.17, 15) is 14.9 Å². The van der Waals surface area contributed by atoms with Gasteiger partial charge in [0.2, 0.25) is 0 Å². The van der Waals surface area contributed by atoms with E-state index in [1.165, 1.54) is 12.1 Å². The average molecular weight is 334 g/mol. The van der Waals surface area contributed by atoms with Crippen molar-refractivity contribution in [2.75, 3.05) is 0 Å². The minimum Gasteiger partial charge on any atom is -0.298 e. The zero-order valence-electron chi connectivity index (χ0n) is 10.6. The monoisotopic (exact) mass is 333 g/mol. The summed E-state index contributed by atoms with van der Waals surface area (Å²) in [5, 5.41) is 10.6. The van der Waals surface area contributed by atoms with Crippen LogP contribution in [0, 0.1) is 10.1 Å². The fourth-order valence-electron chi connectivity index (χ4n) is 1.97. The van der Waals surface area contributed by atoms with Gasteiger partial charge in [-0.15, -0.1) is 0 Å². The first-order valence-corrected chi connectivity index (χ1v) is 6.86. The predicted molar refractivity (Wildman–Crippen MR) is 80.0 cm³/mol. The third-order valence-electron chi connectivity index (χ3n) is 3.07. The Kier molecular flexibility index (Phi) is 4.63. The maximum Gasteiger partial charge on any atom is 0.269 e. The number of hydrogen-bond donors (Lipinski definition) is 0. The first-order valence-electron chi connectivity index (χ1n) is 6.07. The topological polar surface area (TPSA) is 60.2 Å². The molecule has 2 rings (SSSR count). The van der Waals surface area contributed by atoms with Gasteiger partial charge in [0.05, 0.1) is 4.92 Å². The molecule has 0 heterocycles. The second kappa shape index (κ2) is 6.43. The van der Waals surface area contributed by atoms with Gasteiger partial charge in [-0.1, -0.05) is 34.1 Å². The predicted octanol–water partition coefficient (Wildman–Crippen LogP) is 3.96. The molecule has 0 saturated heterocycles. The van der Waals surface area contributed by atoms with Gasteiger partial charge in [0.1, 0.15) is 6.29 Å². The smallest absolute Gasteiger partial charge is 0.269 e. The molecule has 0 spiro atoms. The number of nitrogens with zero attached hydrogens (tertiary/aromatic N) is 1. The van der Waals surface area contributed by atoms with Gasteiger partial charge in [-0.25, -0.2) is 0 Å². The van der Waals surface area contributed by atoms with Gasteiger partial charge in [0, 0.05) is 22.2 Å². The Hall–Kier alpha value is -2.01. The van der Waals surface area contributed by atoms with Gasteiger partial charge < -0.3 is 0 Å². The first kappa shape index (κ1) is 14.4. The van der Waals surface area contributed by atoms with Crippen molar-refractivity contribution in [2.45, 2.75) is 12.8 Å². The minimum absolute atomic E-state index is 0.0889. The molecular weight excluding hydrogens is 322 g/mol. The van der Waals surface area contributed by atoms with E-state index in [1.807, 2.05) is 12.1 Å². The van der Waals surface area contributed by atoms with Gasteiger partial charge in [-0.3, -0.25) is 14.9 Å². The molecule has 5 heteroatoms. The molecule has 0 unspecified atom stereocenters. The Morgan fingerprint density at radius 3 is 2.40 bits per heavy atom. The highest BCUT2D eigenvalue weighted by atomic mass is 79.9. The van der Waals surface area contributed by atoms with Gasteiger partial charge >= 0.3 is 0 Å². The molecule has 0 aliphatic rings. The van der Waals surface area contributed by atoms with Crippen molar-refractivity contribution in [1.29, 1.82) is 0 Å². The lowest BCUT2D eigenvalue weighted by Gasteiger charge is -2.05. The molecule has 2 aromatic carbocycles. The Bertz CT molecular complexity index is 638. The van der Waals surface area contributed by atoms with Crippen LogP contribution in [0.15, 0.2) is 46.9 Å². The molecule has 4 nitrogen and oxygen atoms in total. The van der Waals surface area contributed by atoms with Crippen LogP contribution in [0.2, 0.25) is 0 Å². The molecule has 0 saturated carbocycles. The van der Waals surface area contributed by atoms with Crippen LogP contribution in [0.4, 0.5) is 5.69 Å². The maximum absolute atomic E-state index is 11.0. The molecule has 102 valence electrons. The Labute approximate surface area is 124 Å². The zero-order chi connectivity index (χ0) is 14.5. The van der Waals surface area contributed by atoms with Crippen molar-refractivity contribution in [3.05, 3.63) is 73.7 Å². The second-order valence-electron chi connectivity index (χ2n) is 4.38. The van der Waals surface area contributed by atoms with Crippen molar-refractivity contribution in [1.82, 2.24) is 0 Å². The average Bonchev–Trinajstić information content (AvgIpc) is 2.46. The summed E-state index contributed by atoms with van der Waals surface area (Å²) in [5.74, 6) is 0. The van der Waals surface area contributed by atoms with Crippen LogP contribution in [-0.2, 0) is 12.8 Å². The first-order chi connectivity index (χ1) is 9.60. The lowest BCUT2D eigenvalue weighted by Crippen LogP contribution is -1.97. The SMILES string of the molecule is O=Cc1cc(Br)ccc1CCc1ccc([N+](=O)[O-])cc1. The fourth-order valence-corrected chi connectivity index (χ4v) is 2.35. The third kappa shape index (κ3) is 3.51. The second-order valence-corrected chi connectivity index (χ2v) is 5.30. The molecule has 0 N–H and O–H groups in total. The normalized spacial score (nSPS) is 10.2. The quantitative estimate of drug-likeness (QED) is 0.472. The number of carbonyl (C=O) groups is 1. The Morgan fingerprint density at radius 1 is 1.10 bits per heavy atom. The summed E-state index contributed by atoms with van der Waals surface area (Å²) in [6, 6.07) is 12.1. The van der Waals surface area contributed by atoms with Gasteiger partial charge in [-0.2, -0.15) is 0 Å². The number of hydrogen-bond acceptors (Lipinski definition) is 3. The van der Waals surface area contributed by atoms with Gasteiger partial charge in [0.25, 0.3) is 5.69 Å². The molecule has 20 heavy (non-hydrogen) atoms. The number of aryl methyl sites for hydroxylation is 2. The van der Waals surface area contributed by atoms with E-state index in [1.54, 1.807) is 18.2 Å². The van der Waals surface area contributed by atoms with Gasteiger partial charge in [-0.05, 0) is 36.1 Å².